The minimum Gasteiger partial charge on any atom is -0.361 e. The van der Waals surface area contributed by atoms with Gasteiger partial charge in [-0.05, 0) is 35.4 Å². The smallest absolute Gasteiger partial charge is 0.361 e. The van der Waals surface area contributed by atoms with Crippen molar-refractivity contribution in [2.45, 2.75) is 12.7 Å². The third-order valence-corrected chi connectivity index (χ3v) is 4.93. The summed E-state index contributed by atoms with van der Waals surface area (Å²) in [5.74, 6) is 0. The Hall–Kier alpha value is -2.18. The number of nitrogens with zero attached hydrogens (tertiary/aromatic N) is 1. The number of thioether (sulfide) groups is 1. The first kappa shape index (κ1) is 19.6. The van der Waals surface area contributed by atoms with Crippen molar-refractivity contribution in [2.75, 3.05) is 6.54 Å². The van der Waals surface area contributed by atoms with Crippen molar-refractivity contribution in [1.29, 1.82) is 0 Å². The second-order valence-electron chi connectivity index (χ2n) is 5.82. The topological polar surface area (TPSA) is 24.4 Å². The van der Waals surface area contributed by atoms with Gasteiger partial charge in [0.05, 0.1) is 12.1 Å². The van der Waals surface area contributed by atoms with Crippen LogP contribution in [0.25, 0.3) is 6.08 Å². The van der Waals surface area contributed by atoms with Gasteiger partial charge in [-0.3, -0.25) is 4.99 Å². The van der Waals surface area contributed by atoms with Crippen LogP contribution in [0.4, 0.5) is 13.2 Å². The molecule has 1 heterocycles. The minimum absolute atomic E-state index is 0.408. The van der Waals surface area contributed by atoms with Gasteiger partial charge in [0.2, 0.25) is 0 Å². The number of rotatable bonds is 4. The number of benzene rings is 2. The van der Waals surface area contributed by atoms with Gasteiger partial charge >= 0.3 is 6.18 Å². The summed E-state index contributed by atoms with van der Waals surface area (Å²) < 4.78 is 37.7. The van der Waals surface area contributed by atoms with Crippen LogP contribution in [-0.4, -0.2) is 11.7 Å². The molecule has 0 spiro atoms. The Balaban J connectivity index is 1.53. The summed E-state index contributed by atoms with van der Waals surface area (Å²) >= 11 is 7.75. The molecule has 0 fully saturated rings. The standard InChI is InChI=1S/C20H16ClF3N2S/c21-17(10-14-4-2-1-3-5-14)11-18-13-26-19(27-18)25-12-15-6-8-16(9-7-15)20(22,23)24/h1-11H,12-13H2,(H,25,26). The molecule has 0 amide bonds. The number of amidine groups is 1. The highest BCUT2D eigenvalue weighted by molar-refractivity contribution is 8.17. The Kier molecular flexibility index (Phi) is 6.29. The number of aliphatic imine (C=N–C) groups is 1. The van der Waals surface area contributed by atoms with Crippen molar-refractivity contribution in [1.82, 2.24) is 5.32 Å². The summed E-state index contributed by atoms with van der Waals surface area (Å²) in [7, 11) is 0. The average molecular weight is 409 g/mol. The molecule has 0 saturated heterocycles. The highest BCUT2D eigenvalue weighted by Crippen LogP contribution is 2.29. The lowest BCUT2D eigenvalue weighted by Gasteiger charge is -2.08. The monoisotopic (exact) mass is 408 g/mol. The molecular formula is C20H16ClF3N2S. The van der Waals surface area contributed by atoms with E-state index in [0.717, 1.165) is 33.3 Å². The van der Waals surface area contributed by atoms with Crippen molar-refractivity contribution in [2.24, 2.45) is 4.99 Å². The van der Waals surface area contributed by atoms with Crippen LogP contribution in [0.3, 0.4) is 0 Å². The van der Waals surface area contributed by atoms with E-state index < -0.39 is 11.7 Å². The van der Waals surface area contributed by atoms with E-state index in [-0.39, 0.29) is 0 Å². The Labute approximate surface area is 164 Å². The zero-order valence-corrected chi connectivity index (χ0v) is 15.7. The van der Waals surface area contributed by atoms with Gasteiger partial charge in [-0.2, -0.15) is 13.2 Å². The first-order chi connectivity index (χ1) is 12.9. The number of allylic oxidation sites excluding steroid dienone is 2. The molecule has 1 N–H and O–H groups in total. The molecule has 3 rings (SSSR count). The predicted octanol–water partition coefficient (Wildman–Crippen LogP) is 6.06. The van der Waals surface area contributed by atoms with Crippen molar-refractivity contribution in [3.8, 4) is 0 Å². The molecule has 27 heavy (non-hydrogen) atoms. The summed E-state index contributed by atoms with van der Waals surface area (Å²) in [5, 5.41) is 4.48. The van der Waals surface area contributed by atoms with Gasteiger partial charge in [0.25, 0.3) is 0 Å². The maximum Gasteiger partial charge on any atom is 0.416 e. The van der Waals surface area contributed by atoms with E-state index in [4.69, 9.17) is 11.6 Å². The Bertz CT molecular complexity index is 872. The average Bonchev–Trinajstić information content (AvgIpc) is 3.07. The SMILES string of the molecule is FC(F)(F)c1ccc(CNC2=NCC(=CC(Cl)=Cc3ccccc3)S2)cc1. The molecule has 0 atom stereocenters. The predicted molar refractivity (Wildman–Crippen MR) is 107 cm³/mol. The number of halogens is 4. The molecule has 2 nitrogen and oxygen atoms in total. The first-order valence-electron chi connectivity index (χ1n) is 8.15. The molecule has 140 valence electrons. The molecule has 0 bridgehead atoms. The summed E-state index contributed by atoms with van der Waals surface area (Å²) in [5.41, 5.74) is 1.12. The summed E-state index contributed by atoms with van der Waals surface area (Å²) in [6.07, 6.45) is -0.568. The highest BCUT2D eigenvalue weighted by atomic mass is 35.5. The van der Waals surface area contributed by atoms with Crippen LogP contribution in [0.1, 0.15) is 16.7 Å². The molecule has 1 aliphatic heterocycles. The van der Waals surface area contributed by atoms with Gasteiger partial charge in [0.1, 0.15) is 0 Å². The molecule has 7 heteroatoms. The lowest BCUT2D eigenvalue weighted by atomic mass is 10.1. The van der Waals surface area contributed by atoms with E-state index >= 15 is 0 Å². The normalized spacial score (nSPS) is 16.5. The van der Waals surface area contributed by atoms with Gasteiger partial charge < -0.3 is 5.32 Å². The van der Waals surface area contributed by atoms with Gasteiger partial charge in [-0.15, -0.1) is 0 Å². The van der Waals surface area contributed by atoms with Crippen LogP contribution in [-0.2, 0) is 12.7 Å². The Morgan fingerprint density at radius 3 is 2.48 bits per heavy atom. The maximum atomic E-state index is 12.6. The molecule has 0 unspecified atom stereocenters. The molecule has 0 saturated carbocycles. The number of alkyl halides is 3. The van der Waals surface area contributed by atoms with Crippen LogP contribution >= 0.6 is 23.4 Å². The lowest BCUT2D eigenvalue weighted by molar-refractivity contribution is -0.137. The van der Waals surface area contributed by atoms with E-state index in [1.165, 1.54) is 23.9 Å². The minimum atomic E-state index is -4.32. The zero-order chi connectivity index (χ0) is 19.3. The van der Waals surface area contributed by atoms with Gasteiger partial charge in [0, 0.05) is 16.5 Å². The van der Waals surface area contributed by atoms with Gasteiger partial charge in [-0.25, -0.2) is 0 Å². The number of hydrogen-bond donors (Lipinski definition) is 1. The van der Waals surface area contributed by atoms with E-state index in [0.29, 0.717) is 18.1 Å². The van der Waals surface area contributed by atoms with Crippen molar-refractivity contribution in [3.63, 3.8) is 0 Å². The van der Waals surface area contributed by atoms with Gasteiger partial charge in [0.15, 0.2) is 5.17 Å². The van der Waals surface area contributed by atoms with E-state index in [1.54, 1.807) is 0 Å². The molecule has 0 aromatic heterocycles. The molecule has 0 aliphatic carbocycles. The molecule has 2 aromatic rings. The van der Waals surface area contributed by atoms with E-state index in [2.05, 4.69) is 10.3 Å². The highest BCUT2D eigenvalue weighted by Gasteiger charge is 2.29. The molecule has 2 aromatic carbocycles. The van der Waals surface area contributed by atoms with Crippen molar-refractivity contribution >= 4 is 34.6 Å². The summed E-state index contributed by atoms with van der Waals surface area (Å²) in [6, 6.07) is 14.9. The number of nitrogens with one attached hydrogen (secondary N) is 1. The lowest BCUT2D eigenvalue weighted by Crippen LogP contribution is -2.18. The van der Waals surface area contributed by atoms with Crippen LogP contribution in [0.2, 0.25) is 0 Å². The van der Waals surface area contributed by atoms with E-state index in [1.807, 2.05) is 42.5 Å². The number of hydrogen-bond acceptors (Lipinski definition) is 3. The fourth-order valence-electron chi connectivity index (χ4n) is 2.40. The largest absolute Gasteiger partial charge is 0.416 e. The van der Waals surface area contributed by atoms with Crippen LogP contribution in [0, 0.1) is 0 Å². The van der Waals surface area contributed by atoms with Crippen LogP contribution in [0.15, 0.2) is 75.6 Å². The fraction of sp³-hybridized carbons (Fsp3) is 0.150. The quantitative estimate of drug-likeness (QED) is 0.664. The summed E-state index contributed by atoms with van der Waals surface area (Å²) in [6.45, 7) is 0.934. The van der Waals surface area contributed by atoms with Crippen LogP contribution in [0.5, 0.6) is 0 Å². The second kappa shape index (κ2) is 8.67. The summed E-state index contributed by atoms with van der Waals surface area (Å²) in [4.78, 5) is 5.39. The van der Waals surface area contributed by atoms with E-state index in [9.17, 15) is 13.2 Å². The third-order valence-electron chi connectivity index (χ3n) is 3.73. The maximum absolute atomic E-state index is 12.6. The zero-order valence-electron chi connectivity index (χ0n) is 14.1. The first-order valence-corrected chi connectivity index (χ1v) is 9.35. The second-order valence-corrected chi connectivity index (χ2v) is 7.37. The van der Waals surface area contributed by atoms with Gasteiger partial charge in [-0.1, -0.05) is 65.8 Å². The molecular weight excluding hydrogens is 393 g/mol. The van der Waals surface area contributed by atoms with Crippen LogP contribution < -0.4 is 5.32 Å². The Morgan fingerprint density at radius 1 is 1.11 bits per heavy atom. The fourth-order valence-corrected chi connectivity index (χ4v) is 3.56. The Morgan fingerprint density at radius 2 is 1.81 bits per heavy atom. The van der Waals surface area contributed by atoms with Crippen molar-refractivity contribution in [3.05, 3.63) is 87.3 Å². The van der Waals surface area contributed by atoms with Crippen molar-refractivity contribution < 1.29 is 13.2 Å². The molecule has 1 aliphatic rings. The third kappa shape index (κ3) is 5.91. The molecule has 0 radical (unpaired) electrons.